The normalized spacial score (nSPS) is 13.7. The fourth-order valence-corrected chi connectivity index (χ4v) is 5.65. The van der Waals surface area contributed by atoms with E-state index in [0.717, 1.165) is 63.5 Å². The number of aldehydes is 1. The molecule has 1 aromatic heterocycles. The Morgan fingerprint density at radius 2 is 1.65 bits per heavy atom. The molecule has 0 saturated heterocycles. The SMILES string of the molecule is NC(N)=NC/C(=C\C(=O)O)[C@H](CC[C@H](CCCCCC[C@H](C=O)CCCO)c1ccc2ccccc2c1)Nc1ccc[nH]1. The number of aromatic nitrogens is 1. The smallest absolute Gasteiger partial charge is 0.328 e. The zero-order chi connectivity index (χ0) is 30.9. The highest BCUT2D eigenvalue weighted by Crippen LogP contribution is 2.32. The van der Waals surface area contributed by atoms with E-state index in [1.54, 1.807) is 0 Å². The third kappa shape index (κ3) is 12.0. The molecule has 8 N–H and O–H groups in total. The van der Waals surface area contributed by atoms with Gasteiger partial charge in [0.2, 0.25) is 0 Å². The predicted octanol–water partition coefficient (Wildman–Crippen LogP) is 5.73. The molecule has 0 aliphatic heterocycles. The molecule has 0 radical (unpaired) electrons. The molecule has 0 spiro atoms. The summed E-state index contributed by atoms with van der Waals surface area (Å²) in [4.78, 5) is 30.3. The van der Waals surface area contributed by atoms with Crippen molar-refractivity contribution in [3.63, 3.8) is 0 Å². The Bertz CT molecular complexity index is 1320. The van der Waals surface area contributed by atoms with Gasteiger partial charge in [0.1, 0.15) is 12.1 Å². The summed E-state index contributed by atoms with van der Waals surface area (Å²) in [6.45, 7) is 0.220. The molecule has 3 atom stereocenters. The van der Waals surface area contributed by atoms with Gasteiger partial charge in [-0.25, -0.2) is 9.79 Å². The molecule has 232 valence electrons. The molecule has 0 aliphatic carbocycles. The van der Waals surface area contributed by atoms with Gasteiger partial charge in [0.05, 0.1) is 12.6 Å². The number of nitrogens with two attached hydrogens (primary N) is 2. The van der Waals surface area contributed by atoms with Crippen LogP contribution >= 0.6 is 0 Å². The number of unbranched alkanes of at least 4 members (excludes halogenated alkanes) is 3. The van der Waals surface area contributed by atoms with Crippen LogP contribution in [0.5, 0.6) is 0 Å². The molecule has 0 fully saturated rings. The number of aliphatic hydroxyl groups excluding tert-OH is 1. The number of carbonyl (C=O) groups is 2. The van der Waals surface area contributed by atoms with Gasteiger partial charge in [-0.2, -0.15) is 0 Å². The fourth-order valence-electron chi connectivity index (χ4n) is 5.65. The largest absolute Gasteiger partial charge is 0.478 e. The Kier molecular flexibility index (Phi) is 14.3. The number of aliphatic hydroxyl groups is 1. The molecule has 0 bridgehead atoms. The molecule has 9 heteroatoms. The molecular formula is C34H47N5O4. The van der Waals surface area contributed by atoms with E-state index in [9.17, 15) is 14.7 Å². The fraction of sp³-hybridized carbons (Fsp3) is 0.441. The average molecular weight is 590 g/mol. The highest BCUT2D eigenvalue weighted by atomic mass is 16.4. The monoisotopic (exact) mass is 589 g/mol. The van der Waals surface area contributed by atoms with Gasteiger partial charge in [0, 0.05) is 24.8 Å². The van der Waals surface area contributed by atoms with E-state index >= 15 is 0 Å². The topological polar surface area (TPSA) is 167 Å². The van der Waals surface area contributed by atoms with E-state index in [1.165, 1.54) is 22.4 Å². The van der Waals surface area contributed by atoms with Crippen molar-refractivity contribution in [2.45, 2.75) is 76.2 Å². The first kappa shape index (κ1) is 33.4. The molecular weight excluding hydrogens is 542 g/mol. The number of carboxylic acids is 1. The van der Waals surface area contributed by atoms with Crippen molar-refractivity contribution in [3.05, 3.63) is 78.0 Å². The van der Waals surface area contributed by atoms with E-state index in [-0.39, 0.29) is 37.0 Å². The van der Waals surface area contributed by atoms with E-state index in [2.05, 4.69) is 51.7 Å². The lowest BCUT2D eigenvalue weighted by Crippen LogP contribution is -2.28. The van der Waals surface area contributed by atoms with E-state index in [0.29, 0.717) is 18.4 Å². The summed E-state index contributed by atoms with van der Waals surface area (Å²) in [6, 6.07) is 18.5. The van der Waals surface area contributed by atoms with Gasteiger partial charge < -0.3 is 36.8 Å². The molecule has 3 rings (SSSR count). The predicted molar refractivity (Wildman–Crippen MR) is 174 cm³/mol. The van der Waals surface area contributed by atoms with Gasteiger partial charge in [-0.1, -0.05) is 68.1 Å². The summed E-state index contributed by atoms with van der Waals surface area (Å²) < 4.78 is 0. The zero-order valence-electron chi connectivity index (χ0n) is 25.0. The summed E-state index contributed by atoms with van der Waals surface area (Å²) in [5, 5.41) is 24.5. The number of carboxylic acid groups (broad SMARTS) is 1. The van der Waals surface area contributed by atoms with Crippen LogP contribution in [0.4, 0.5) is 5.82 Å². The number of rotatable bonds is 21. The number of nitrogens with zero attached hydrogens (tertiary/aromatic N) is 1. The maximum absolute atomic E-state index is 11.7. The minimum atomic E-state index is -1.04. The molecule has 0 amide bonds. The molecule has 9 nitrogen and oxygen atoms in total. The van der Waals surface area contributed by atoms with Gasteiger partial charge in [-0.3, -0.25) is 0 Å². The van der Waals surface area contributed by atoms with Crippen LogP contribution in [0.2, 0.25) is 0 Å². The van der Waals surface area contributed by atoms with Crippen LogP contribution in [-0.2, 0) is 9.59 Å². The summed E-state index contributed by atoms with van der Waals surface area (Å²) >= 11 is 0. The molecule has 1 heterocycles. The van der Waals surface area contributed by atoms with Crippen molar-refractivity contribution < 1.29 is 19.8 Å². The maximum Gasteiger partial charge on any atom is 0.328 e. The Balaban J connectivity index is 1.74. The first-order valence-electron chi connectivity index (χ1n) is 15.3. The van der Waals surface area contributed by atoms with Gasteiger partial charge in [0.15, 0.2) is 5.96 Å². The number of benzene rings is 2. The number of H-pyrrole nitrogens is 1. The number of fused-ring (bicyclic) bond motifs is 1. The van der Waals surface area contributed by atoms with Crippen LogP contribution in [0.1, 0.15) is 75.7 Å². The van der Waals surface area contributed by atoms with Crippen LogP contribution in [0, 0.1) is 5.92 Å². The van der Waals surface area contributed by atoms with Crippen LogP contribution in [0.15, 0.2) is 77.4 Å². The summed E-state index contributed by atoms with van der Waals surface area (Å²) in [5.41, 5.74) is 13.0. The van der Waals surface area contributed by atoms with Crippen LogP contribution in [0.3, 0.4) is 0 Å². The maximum atomic E-state index is 11.7. The third-order valence-corrected chi connectivity index (χ3v) is 7.98. The first-order chi connectivity index (χ1) is 20.9. The second-order valence-electron chi connectivity index (χ2n) is 11.2. The molecule has 0 aliphatic rings. The highest BCUT2D eigenvalue weighted by molar-refractivity contribution is 5.83. The lowest BCUT2D eigenvalue weighted by Gasteiger charge is -2.25. The zero-order valence-corrected chi connectivity index (χ0v) is 25.0. The number of guanidine groups is 1. The number of hydrogen-bond acceptors (Lipinski definition) is 5. The number of aromatic amines is 1. The lowest BCUT2D eigenvalue weighted by atomic mass is 9.85. The highest BCUT2D eigenvalue weighted by Gasteiger charge is 2.20. The molecule has 43 heavy (non-hydrogen) atoms. The quantitative estimate of drug-likeness (QED) is 0.0303. The van der Waals surface area contributed by atoms with Crippen LogP contribution < -0.4 is 16.8 Å². The number of anilines is 1. The Labute approximate surface area is 254 Å². The van der Waals surface area contributed by atoms with Crippen molar-refractivity contribution in [3.8, 4) is 0 Å². The summed E-state index contributed by atoms with van der Waals surface area (Å²) in [6.07, 6.45) is 13.1. The molecule has 2 aromatic carbocycles. The number of carbonyl (C=O) groups excluding carboxylic acids is 1. The van der Waals surface area contributed by atoms with Crippen molar-refractivity contribution >= 4 is 34.8 Å². The van der Waals surface area contributed by atoms with Gasteiger partial charge in [-0.05, 0) is 78.5 Å². The Morgan fingerprint density at radius 3 is 2.33 bits per heavy atom. The summed E-state index contributed by atoms with van der Waals surface area (Å²) in [5.74, 6) is -0.0244. The average Bonchev–Trinajstić information content (AvgIpc) is 3.52. The van der Waals surface area contributed by atoms with Crippen molar-refractivity contribution in [2.75, 3.05) is 18.5 Å². The Hall–Kier alpha value is -4.11. The molecule has 0 saturated carbocycles. The van der Waals surface area contributed by atoms with Crippen molar-refractivity contribution in [1.29, 1.82) is 0 Å². The third-order valence-electron chi connectivity index (χ3n) is 7.98. The van der Waals surface area contributed by atoms with E-state index in [4.69, 9.17) is 16.6 Å². The second-order valence-corrected chi connectivity index (χ2v) is 11.2. The van der Waals surface area contributed by atoms with E-state index in [1.807, 2.05) is 24.4 Å². The minimum Gasteiger partial charge on any atom is -0.478 e. The number of aliphatic carboxylic acids is 1. The standard InChI is InChI=1S/C34H47N5O4/c35-34(36)38-23-30(22-33(42)43)31(39-32-14-7-19-37-32)18-17-27(29-16-15-26-12-5-6-13-28(26)21-29)11-4-2-1-3-9-25(24-41)10-8-20-40/h5-7,12-16,19,21-22,24-25,27,31,37,39-40H,1-4,8-11,17-18,20,23H2,(H,42,43)(H4,35,36,38)/b30-22+/t25-,27-,31-/m0/s1. The van der Waals surface area contributed by atoms with Gasteiger partial charge in [-0.15, -0.1) is 0 Å². The van der Waals surface area contributed by atoms with Crippen molar-refractivity contribution in [2.24, 2.45) is 22.4 Å². The Morgan fingerprint density at radius 1 is 0.907 bits per heavy atom. The number of aliphatic imine (C=N–C) groups is 1. The van der Waals surface area contributed by atoms with Gasteiger partial charge in [0.25, 0.3) is 0 Å². The number of nitrogens with one attached hydrogen (secondary N) is 2. The van der Waals surface area contributed by atoms with Crippen LogP contribution in [-0.4, -0.2) is 52.6 Å². The number of hydrogen-bond donors (Lipinski definition) is 6. The summed E-state index contributed by atoms with van der Waals surface area (Å²) in [7, 11) is 0. The van der Waals surface area contributed by atoms with E-state index < -0.39 is 5.97 Å². The van der Waals surface area contributed by atoms with Crippen LogP contribution in [0.25, 0.3) is 10.8 Å². The van der Waals surface area contributed by atoms with Crippen molar-refractivity contribution in [1.82, 2.24) is 4.98 Å². The molecule has 0 unspecified atom stereocenters. The minimum absolute atomic E-state index is 0.0358. The molecule has 3 aromatic rings. The first-order valence-corrected chi connectivity index (χ1v) is 15.3. The second kappa shape index (κ2) is 18.4. The van der Waals surface area contributed by atoms with Gasteiger partial charge >= 0.3 is 5.97 Å². The lowest BCUT2D eigenvalue weighted by molar-refractivity contribution is -0.131.